The quantitative estimate of drug-likeness (QED) is 0.636. The monoisotopic (exact) mass is 357 g/mol. The number of dihydropyridines is 1. The van der Waals surface area contributed by atoms with Gasteiger partial charge >= 0.3 is 5.97 Å². The van der Waals surface area contributed by atoms with Crippen LogP contribution in [0.3, 0.4) is 0 Å². The number of halogens is 1. The SMILES string of the molecule is CCCCOC(=O)C1=C(C)NC2=C(C(=O)CCC2)[C@@H]1c1cccc(F)c1. The van der Waals surface area contributed by atoms with Gasteiger partial charge in [0.2, 0.25) is 0 Å². The molecule has 1 aliphatic heterocycles. The highest BCUT2D eigenvalue weighted by molar-refractivity contribution is 6.03. The molecule has 1 aromatic rings. The third-order valence-electron chi connectivity index (χ3n) is 4.91. The van der Waals surface area contributed by atoms with Gasteiger partial charge in [0.1, 0.15) is 5.82 Å². The van der Waals surface area contributed by atoms with Gasteiger partial charge in [0, 0.05) is 29.3 Å². The fourth-order valence-electron chi connectivity index (χ4n) is 3.66. The molecule has 1 heterocycles. The average Bonchev–Trinajstić information content (AvgIpc) is 2.61. The van der Waals surface area contributed by atoms with Gasteiger partial charge in [-0.25, -0.2) is 9.18 Å². The number of hydrogen-bond acceptors (Lipinski definition) is 4. The Labute approximate surface area is 153 Å². The Morgan fingerprint density at radius 2 is 2.15 bits per heavy atom. The Morgan fingerprint density at radius 3 is 2.88 bits per heavy atom. The van der Waals surface area contributed by atoms with E-state index in [0.29, 0.717) is 35.4 Å². The van der Waals surface area contributed by atoms with Crippen molar-refractivity contribution in [2.45, 2.75) is 51.9 Å². The Hall–Kier alpha value is -2.43. The molecule has 0 saturated heterocycles. The molecule has 0 unspecified atom stereocenters. The first-order chi connectivity index (χ1) is 12.5. The molecule has 0 saturated carbocycles. The summed E-state index contributed by atoms with van der Waals surface area (Å²) in [7, 11) is 0. The predicted octanol–water partition coefficient (Wildman–Crippen LogP) is 4.14. The first kappa shape index (κ1) is 18.4. The lowest BCUT2D eigenvalue weighted by Gasteiger charge is -2.34. The Kier molecular flexibility index (Phi) is 5.55. The highest BCUT2D eigenvalue weighted by atomic mass is 19.1. The zero-order chi connectivity index (χ0) is 18.7. The first-order valence-electron chi connectivity index (χ1n) is 9.19. The number of hydrogen-bond donors (Lipinski definition) is 1. The number of ether oxygens (including phenoxy) is 1. The minimum absolute atomic E-state index is 0.0133. The number of benzene rings is 1. The number of unbranched alkanes of at least 4 members (excludes halogenated alkanes) is 1. The highest BCUT2D eigenvalue weighted by Gasteiger charge is 2.39. The van der Waals surface area contributed by atoms with Gasteiger partial charge < -0.3 is 10.1 Å². The van der Waals surface area contributed by atoms with E-state index < -0.39 is 11.9 Å². The van der Waals surface area contributed by atoms with Crippen molar-refractivity contribution in [3.05, 3.63) is 58.2 Å². The van der Waals surface area contributed by atoms with Gasteiger partial charge in [0.05, 0.1) is 12.2 Å². The number of carbonyl (C=O) groups excluding carboxylic acids is 2. The lowest BCUT2D eigenvalue weighted by molar-refractivity contribution is -0.139. The zero-order valence-corrected chi connectivity index (χ0v) is 15.2. The van der Waals surface area contributed by atoms with Crippen LogP contribution in [-0.2, 0) is 14.3 Å². The van der Waals surface area contributed by atoms with Crippen LogP contribution in [0.2, 0.25) is 0 Å². The number of rotatable bonds is 5. The summed E-state index contributed by atoms with van der Waals surface area (Å²) in [6.45, 7) is 4.17. The molecule has 26 heavy (non-hydrogen) atoms. The number of ketones is 1. The van der Waals surface area contributed by atoms with E-state index in [2.05, 4.69) is 5.32 Å². The van der Waals surface area contributed by atoms with E-state index in [9.17, 15) is 14.0 Å². The maximum atomic E-state index is 13.9. The van der Waals surface area contributed by atoms with Gasteiger partial charge in [0.15, 0.2) is 5.78 Å². The minimum Gasteiger partial charge on any atom is -0.462 e. The van der Waals surface area contributed by atoms with Crippen molar-refractivity contribution < 1.29 is 18.7 Å². The molecule has 5 heteroatoms. The fourth-order valence-corrected chi connectivity index (χ4v) is 3.66. The van der Waals surface area contributed by atoms with Crippen molar-refractivity contribution in [1.29, 1.82) is 0 Å². The molecule has 0 spiro atoms. The van der Waals surface area contributed by atoms with Crippen molar-refractivity contribution >= 4 is 11.8 Å². The highest BCUT2D eigenvalue weighted by Crippen LogP contribution is 2.42. The van der Waals surface area contributed by atoms with Crippen LogP contribution in [0.15, 0.2) is 46.8 Å². The molecule has 138 valence electrons. The van der Waals surface area contributed by atoms with E-state index in [0.717, 1.165) is 31.4 Å². The standard InChI is InChI=1S/C21H24FNO3/c1-3-4-11-26-21(25)18-13(2)23-16-9-6-10-17(24)20(16)19(18)14-7-5-8-15(22)12-14/h5,7-8,12,19,23H,3-4,6,9-11H2,1-2H3/t19-/m1/s1. The molecular formula is C21H24FNO3. The molecule has 1 atom stereocenters. The van der Waals surface area contributed by atoms with Gasteiger partial charge in [-0.3, -0.25) is 4.79 Å². The minimum atomic E-state index is -0.580. The van der Waals surface area contributed by atoms with Crippen LogP contribution < -0.4 is 5.32 Å². The number of nitrogens with one attached hydrogen (secondary N) is 1. The summed E-state index contributed by atoms with van der Waals surface area (Å²) in [4.78, 5) is 25.5. The number of carbonyl (C=O) groups is 2. The summed E-state index contributed by atoms with van der Waals surface area (Å²) in [5.74, 6) is -1.39. The van der Waals surface area contributed by atoms with Crippen LogP contribution in [0.5, 0.6) is 0 Å². The summed E-state index contributed by atoms with van der Waals surface area (Å²) >= 11 is 0. The van der Waals surface area contributed by atoms with E-state index in [1.807, 2.05) is 13.8 Å². The summed E-state index contributed by atoms with van der Waals surface area (Å²) < 4.78 is 19.3. The van der Waals surface area contributed by atoms with Crippen molar-refractivity contribution in [2.24, 2.45) is 0 Å². The largest absolute Gasteiger partial charge is 0.462 e. The Bertz CT molecular complexity index is 794. The molecule has 0 amide bonds. The van der Waals surface area contributed by atoms with Crippen molar-refractivity contribution in [3.63, 3.8) is 0 Å². The smallest absolute Gasteiger partial charge is 0.336 e. The Morgan fingerprint density at radius 1 is 1.35 bits per heavy atom. The van der Waals surface area contributed by atoms with Gasteiger partial charge in [0.25, 0.3) is 0 Å². The number of esters is 1. The summed E-state index contributed by atoms with van der Waals surface area (Å²) in [5, 5.41) is 3.23. The van der Waals surface area contributed by atoms with Gasteiger partial charge in [-0.2, -0.15) is 0 Å². The van der Waals surface area contributed by atoms with Gasteiger partial charge in [-0.15, -0.1) is 0 Å². The van der Waals surface area contributed by atoms with Crippen LogP contribution in [-0.4, -0.2) is 18.4 Å². The van der Waals surface area contributed by atoms with Crippen LogP contribution in [0.4, 0.5) is 4.39 Å². The average molecular weight is 357 g/mol. The zero-order valence-electron chi connectivity index (χ0n) is 15.2. The third-order valence-corrected chi connectivity index (χ3v) is 4.91. The molecule has 0 aromatic heterocycles. The summed E-state index contributed by atoms with van der Waals surface area (Å²) in [6.07, 6.45) is 3.68. The summed E-state index contributed by atoms with van der Waals surface area (Å²) in [5.41, 5.74) is 3.11. The van der Waals surface area contributed by atoms with Crippen molar-refractivity contribution in [2.75, 3.05) is 6.61 Å². The molecule has 3 rings (SSSR count). The normalized spacial score (nSPS) is 20.0. The number of Topliss-reactive ketones (excluding diaryl/α,β-unsaturated/α-hetero) is 1. The predicted molar refractivity (Wildman–Crippen MR) is 96.7 cm³/mol. The second-order valence-corrected chi connectivity index (χ2v) is 6.81. The Balaban J connectivity index is 2.06. The second kappa shape index (κ2) is 7.85. The lowest BCUT2D eigenvalue weighted by atomic mass is 9.75. The van der Waals surface area contributed by atoms with Crippen LogP contribution >= 0.6 is 0 Å². The maximum Gasteiger partial charge on any atom is 0.336 e. The molecule has 2 aliphatic rings. The molecular weight excluding hydrogens is 333 g/mol. The van der Waals surface area contributed by atoms with E-state index in [4.69, 9.17) is 4.74 Å². The van der Waals surface area contributed by atoms with Gasteiger partial charge in [-0.05, 0) is 43.9 Å². The van der Waals surface area contributed by atoms with Crippen LogP contribution in [0, 0.1) is 5.82 Å². The van der Waals surface area contributed by atoms with E-state index in [-0.39, 0.29) is 11.6 Å². The lowest BCUT2D eigenvalue weighted by Crippen LogP contribution is -2.34. The maximum absolute atomic E-state index is 13.9. The van der Waals surface area contributed by atoms with Crippen LogP contribution in [0.25, 0.3) is 0 Å². The second-order valence-electron chi connectivity index (χ2n) is 6.81. The van der Waals surface area contributed by atoms with Gasteiger partial charge in [-0.1, -0.05) is 25.5 Å². The molecule has 1 aliphatic carbocycles. The van der Waals surface area contributed by atoms with Crippen molar-refractivity contribution in [1.82, 2.24) is 5.32 Å². The van der Waals surface area contributed by atoms with Crippen molar-refractivity contribution in [3.8, 4) is 0 Å². The number of allylic oxidation sites excluding steroid dienone is 3. The summed E-state index contributed by atoms with van der Waals surface area (Å²) in [6, 6.07) is 6.13. The first-order valence-corrected chi connectivity index (χ1v) is 9.19. The molecule has 0 radical (unpaired) electrons. The fraction of sp³-hybridized carbons (Fsp3) is 0.429. The van der Waals surface area contributed by atoms with E-state index >= 15 is 0 Å². The van der Waals surface area contributed by atoms with E-state index in [1.54, 1.807) is 12.1 Å². The molecule has 1 aromatic carbocycles. The third kappa shape index (κ3) is 3.57. The molecule has 4 nitrogen and oxygen atoms in total. The topological polar surface area (TPSA) is 55.4 Å². The molecule has 0 fully saturated rings. The van der Waals surface area contributed by atoms with E-state index in [1.165, 1.54) is 12.1 Å². The molecule has 1 N–H and O–H groups in total. The van der Waals surface area contributed by atoms with Crippen LogP contribution in [0.1, 0.15) is 57.4 Å². The molecule has 0 bridgehead atoms.